The Morgan fingerprint density at radius 1 is 1.33 bits per heavy atom. The van der Waals surface area contributed by atoms with Crippen molar-refractivity contribution in [3.63, 3.8) is 0 Å². The summed E-state index contributed by atoms with van der Waals surface area (Å²) in [6.07, 6.45) is -4.82. The summed E-state index contributed by atoms with van der Waals surface area (Å²) >= 11 is 0. The fourth-order valence-electron chi connectivity index (χ4n) is 1.55. The van der Waals surface area contributed by atoms with Crippen LogP contribution in [-0.2, 0) is 21.0 Å². The van der Waals surface area contributed by atoms with Crippen LogP contribution in [0.4, 0.5) is 13.2 Å². The highest BCUT2D eigenvalue weighted by Gasteiger charge is 2.36. The van der Waals surface area contributed by atoms with Crippen molar-refractivity contribution in [1.29, 1.82) is 0 Å². The number of carboxylic acids is 1. The molecule has 21 heavy (non-hydrogen) atoms. The predicted molar refractivity (Wildman–Crippen MR) is 68.0 cm³/mol. The van der Waals surface area contributed by atoms with Crippen LogP contribution in [0.3, 0.4) is 0 Å². The van der Waals surface area contributed by atoms with E-state index in [1.807, 2.05) is 4.72 Å². The van der Waals surface area contributed by atoms with Crippen LogP contribution in [0.2, 0.25) is 0 Å². The summed E-state index contributed by atoms with van der Waals surface area (Å²) in [5.41, 5.74) is -1.26. The van der Waals surface area contributed by atoms with Crippen molar-refractivity contribution in [1.82, 2.24) is 4.72 Å². The number of hydrogen-bond acceptors (Lipinski definition) is 3. The molecule has 2 N–H and O–H groups in total. The minimum atomic E-state index is -4.79. The van der Waals surface area contributed by atoms with Gasteiger partial charge in [-0.15, -0.1) is 0 Å². The first-order valence-electron chi connectivity index (χ1n) is 5.94. The number of carboxylic acid groups (broad SMARTS) is 1. The molecule has 0 heterocycles. The molecule has 118 valence electrons. The van der Waals surface area contributed by atoms with Crippen molar-refractivity contribution in [2.24, 2.45) is 5.92 Å². The van der Waals surface area contributed by atoms with Gasteiger partial charge in [0.25, 0.3) is 0 Å². The number of aliphatic carboxylic acids is 1. The van der Waals surface area contributed by atoms with Gasteiger partial charge in [-0.2, -0.15) is 13.2 Å². The summed E-state index contributed by atoms with van der Waals surface area (Å²) < 4.78 is 64.1. The molecule has 0 fully saturated rings. The van der Waals surface area contributed by atoms with Crippen LogP contribution < -0.4 is 4.72 Å². The first-order valence-corrected chi connectivity index (χ1v) is 7.42. The Labute approximate surface area is 119 Å². The molecule has 0 radical (unpaired) electrons. The van der Waals surface area contributed by atoms with Crippen LogP contribution in [0, 0.1) is 5.92 Å². The maximum absolute atomic E-state index is 12.8. The van der Waals surface area contributed by atoms with E-state index in [4.69, 9.17) is 5.11 Å². The number of halogens is 3. The maximum Gasteiger partial charge on any atom is 0.417 e. The molecule has 0 saturated heterocycles. The van der Waals surface area contributed by atoms with Crippen molar-refractivity contribution in [3.05, 3.63) is 29.8 Å². The molecule has 0 aliphatic rings. The lowest BCUT2D eigenvalue weighted by Gasteiger charge is -2.14. The lowest BCUT2D eigenvalue weighted by Crippen LogP contribution is -2.29. The van der Waals surface area contributed by atoms with Crippen molar-refractivity contribution in [3.8, 4) is 0 Å². The van der Waals surface area contributed by atoms with Gasteiger partial charge in [-0.1, -0.05) is 19.1 Å². The van der Waals surface area contributed by atoms with Crippen molar-refractivity contribution in [2.45, 2.75) is 24.4 Å². The molecule has 5 nitrogen and oxygen atoms in total. The summed E-state index contributed by atoms with van der Waals surface area (Å²) in [5.74, 6) is -1.91. The third kappa shape index (κ3) is 4.71. The number of alkyl halides is 3. The lowest BCUT2D eigenvalue weighted by molar-refractivity contribution is -0.141. The predicted octanol–water partition coefficient (Wildman–Crippen LogP) is 2.09. The van der Waals surface area contributed by atoms with Crippen LogP contribution in [0.25, 0.3) is 0 Å². The first kappa shape index (κ1) is 17.4. The Balaban J connectivity index is 2.92. The second kappa shape index (κ2) is 6.44. The number of benzene rings is 1. The van der Waals surface area contributed by atoms with Crippen molar-refractivity contribution >= 4 is 16.0 Å². The molecular weight excluding hydrogens is 311 g/mol. The molecule has 0 spiro atoms. The number of rotatable bonds is 6. The molecule has 0 bridgehead atoms. The van der Waals surface area contributed by atoms with Crippen molar-refractivity contribution < 1.29 is 31.5 Å². The summed E-state index contributed by atoms with van der Waals surface area (Å²) in [6.45, 7) is 1.11. The van der Waals surface area contributed by atoms with Crippen LogP contribution >= 0.6 is 0 Å². The molecule has 0 aliphatic carbocycles. The average molecular weight is 325 g/mol. The van der Waals surface area contributed by atoms with Crippen LogP contribution in [0.15, 0.2) is 29.2 Å². The Hall–Kier alpha value is -1.61. The van der Waals surface area contributed by atoms with E-state index < -0.39 is 38.5 Å². The zero-order valence-electron chi connectivity index (χ0n) is 11.0. The van der Waals surface area contributed by atoms with E-state index in [1.54, 1.807) is 0 Å². The van der Waals surface area contributed by atoms with Gasteiger partial charge in [0.15, 0.2) is 0 Å². The van der Waals surface area contributed by atoms with Gasteiger partial charge in [0.2, 0.25) is 10.0 Å². The summed E-state index contributed by atoms with van der Waals surface area (Å²) in [7, 11) is -4.36. The fraction of sp³-hybridized carbons (Fsp3) is 0.417. The molecule has 1 rings (SSSR count). The number of nitrogens with one attached hydrogen (secondary N) is 1. The molecule has 1 aromatic carbocycles. The van der Waals surface area contributed by atoms with Gasteiger partial charge in [0.1, 0.15) is 0 Å². The van der Waals surface area contributed by atoms with Gasteiger partial charge in [-0.05, 0) is 18.6 Å². The van der Waals surface area contributed by atoms with Gasteiger partial charge in [-0.25, -0.2) is 13.1 Å². The Morgan fingerprint density at radius 3 is 2.43 bits per heavy atom. The number of sulfonamides is 1. The van der Waals surface area contributed by atoms with Gasteiger partial charge >= 0.3 is 12.1 Å². The van der Waals surface area contributed by atoms with Gasteiger partial charge in [0.05, 0.1) is 16.4 Å². The molecule has 0 aliphatic heterocycles. The van der Waals surface area contributed by atoms with Gasteiger partial charge < -0.3 is 5.11 Å². The monoisotopic (exact) mass is 325 g/mol. The summed E-state index contributed by atoms with van der Waals surface area (Å²) in [4.78, 5) is 9.71. The fourth-order valence-corrected chi connectivity index (χ4v) is 2.82. The standard InChI is InChI=1S/C12H14F3NO4S/c1-8(11(17)18)6-7-16-21(19,20)10-5-3-2-4-9(10)12(13,14)15/h2-5,8,16H,6-7H2,1H3,(H,17,18). The van der Waals surface area contributed by atoms with E-state index in [1.165, 1.54) is 13.0 Å². The van der Waals surface area contributed by atoms with E-state index in [-0.39, 0.29) is 13.0 Å². The normalized spacial score (nSPS) is 13.9. The average Bonchev–Trinajstić information content (AvgIpc) is 2.37. The van der Waals surface area contributed by atoms with E-state index in [0.717, 1.165) is 12.1 Å². The van der Waals surface area contributed by atoms with Crippen LogP contribution in [-0.4, -0.2) is 26.0 Å². The van der Waals surface area contributed by atoms with Gasteiger partial charge in [-0.3, -0.25) is 4.79 Å². The molecule has 9 heteroatoms. The van der Waals surface area contributed by atoms with E-state index in [9.17, 15) is 26.4 Å². The summed E-state index contributed by atoms with van der Waals surface area (Å²) in [6, 6.07) is 3.80. The SMILES string of the molecule is CC(CCNS(=O)(=O)c1ccccc1C(F)(F)F)C(=O)O. The Morgan fingerprint density at radius 2 is 1.90 bits per heavy atom. The Bertz CT molecular complexity index is 613. The molecule has 1 aromatic rings. The zero-order valence-corrected chi connectivity index (χ0v) is 11.8. The molecule has 0 aromatic heterocycles. The quantitative estimate of drug-likeness (QED) is 0.839. The third-order valence-corrected chi connectivity index (χ3v) is 4.29. The van der Waals surface area contributed by atoms with E-state index >= 15 is 0 Å². The number of hydrogen-bond donors (Lipinski definition) is 2. The highest BCUT2D eigenvalue weighted by atomic mass is 32.2. The minimum absolute atomic E-state index is 0.0251. The minimum Gasteiger partial charge on any atom is -0.481 e. The molecule has 0 saturated carbocycles. The van der Waals surface area contributed by atoms with Gasteiger partial charge in [0, 0.05) is 6.54 Å². The van der Waals surface area contributed by atoms with E-state index in [0.29, 0.717) is 6.07 Å². The highest BCUT2D eigenvalue weighted by molar-refractivity contribution is 7.89. The second-order valence-electron chi connectivity index (χ2n) is 4.42. The smallest absolute Gasteiger partial charge is 0.417 e. The van der Waals surface area contributed by atoms with Crippen LogP contribution in [0.1, 0.15) is 18.9 Å². The lowest BCUT2D eigenvalue weighted by atomic mass is 10.1. The molecule has 1 atom stereocenters. The summed E-state index contributed by atoms with van der Waals surface area (Å²) in [5, 5.41) is 8.65. The van der Waals surface area contributed by atoms with E-state index in [2.05, 4.69) is 0 Å². The van der Waals surface area contributed by atoms with Crippen LogP contribution in [0.5, 0.6) is 0 Å². The molecule has 0 amide bonds. The number of carbonyl (C=O) groups is 1. The zero-order chi connectivity index (χ0) is 16.3. The topological polar surface area (TPSA) is 83.5 Å². The maximum atomic E-state index is 12.8. The largest absolute Gasteiger partial charge is 0.481 e. The van der Waals surface area contributed by atoms with Crippen molar-refractivity contribution in [2.75, 3.05) is 6.54 Å². The Kier molecular flexibility index (Phi) is 5.35. The molecule has 1 unspecified atom stereocenters. The first-order chi connectivity index (χ1) is 9.55. The second-order valence-corrected chi connectivity index (χ2v) is 6.16. The highest BCUT2D eigenvalue weighted by Crippen LogP contribution is 2.33. The molecular formula is C12H14F3NO4S. The third-order valence-electron chi connectivity index (χ3n) is 2.77.